The minimum absolute atomic E-state index is 0.0575. The lowest BCUT2D eigenvalue weighted by Gasteiger charge is -2.64. The fraction of sp³-hybridized carbons (Fsp3) is 0.260. The molecule has 1 spiro atoms. The molecule has 4 fully saturated rings. The number of rotatable bonds is 4. The summed E-state index contributed by atoms with van der Waals surface area (Å²) >= 11 is 0. The lowest BCUT2D eigenvalue weighted by Crippen LogP contribution is -2.58. The first-order valence-electron chi connectivity index (χ1n) is 19.5. The molecule has 2 nitrogen and oxygen atoms in total. The van der Waals surface area contributed by atoms with E-state index in [4.69, 9.17) is 4.98 Å². The molecule has 0 aliphatic heterocycles. The van der Waals surface area contributed by atoms with E-state index in [0.29, 0.717) is 0 Å². The summed E-state index contributed by atoms with van der Waals surface area (Å²) < 4.78 is 2.29. The van der Waals surface area contributed by atoms with Gasteiger partial charge in [-0.3, -0.25) is 4.57 Å². The van der Waals surface area contributed by atoms with Crippen molar-refractivity contribution in [2.45, 2.75) is 56.8 Å². The Morgan fingerprint density at radius 3 is 1.75 bits per heavy atom. The molecule has 52 heavy (non-hydrogen) atoms. The van der Waals surface area contributed by atoms with E-state index in [-0.39, 0.29) is 10.8 Å². The largest absolute Gasteiger partial charge is 0.292 e. The van der Waals surface area contributed by atoms with E-state index in [9.17, 15) is 0 Å². The zero-order chi connectivity index (χ0) is 34.6. The number of para-hydroxylation sites is 3. The van der Waals surface area contributed by atoms with E-state index in [1.54, 1.807) is 22.3 Å². The Kier molecular flexibility index (Phi) is 6.52. The van der Waals surface area contributed by atoms with E-state index in [0.717, 1.165) is 51.8 Å². The van der Waals surface area contributed by atoms with Crippen molar-refractivity contribution in [3.05, 3.63) is 168 Å². The highest BCUT2D eigenvalue weighted by atomic mass is 15.1. The topological polar surface area (TPSA) is 17.8 Å². The first-order chi connectivity index (χ1) is 25.5. The predicted octanol–water partition coefficient (Wildman–Crippen LogP) is 12.4. The van der Waals surface area contributed by atoms with E-state index in [1.807, 2.05) is 0 Å². The van der Waals surface area contributed by atoms with Gasteiger partial charge in [-0.15, -0.1) is 0 Å². The van der Waals surface area contributed by atoms with Crippen LogP contribution in [0.2, 0.25) is 0 Å². The Balaban J connectivity index is 1.01. The Labute approximate surface area is 307 Å². The number of nitrogens with zero attached hydrogens (tertiary/aromatic N) is 2. The lowest BCUT2D eigenvalue weighted by atomic mass is 9.39. The fourth-order valence-electron chi connectivity index (χ4n) is 11.9. The molecule has 0 amide bonds. The molecule has 0 unspecified atom stereocenters. The number of hydrogen-bond acceptors (Lipinski definition) is 1. The maximum atomic E-state index is 5.16. The minimum Gasteiger partial charge on any atom is -0.292 e. The molecule has 7 aromatic rings. The number of hydrogen-bond donors (Lipinski definition) is 0. The number of aromatic nitrogens is 2. The Bertz CT molecular complexity index is 2490. The third-order valence-corrected chi connectivity index (χ3v) is 13.8. The van der Waals surface area contributed by atoms with Gasteiger partial charge in [-0.05, 0) is 143 Å². The van der Waals surface area contributed by atoms with Gasteiger partial charge in [-0.25, -0.2) is 4.98 Å². The van der Waals surface area contributed by atoms with Crippen LogP contribution in [0, 0.1) is 23.7 Å². The maximum Gasteiger partial charge on any atom is 0.145 e. The van der Waals surface area contributed by atoms with Crippen molar-refractivity contribution in [2.24, 2.45) is 23.7 Å². The van der Waals surface area contributed by atoms with Crippen LogP contribution in [0.25, 0.3) is 50.4 Å². The Hall–Kier alpha value is -5.21. The van der Waals surface area contributed by atoms with Crippen LogP contribution < -0.4 is 0 Å². The molecule has 4 saturated carbocycles. The quantitative estimate of drug-likeness (QED) is 0.182. The van der Waals surface area contributed by atoms with Crippen LogP contribution >= 0.6 is 0 Å². The van der Waals surface area contributed by atoms with E-state index in [1.165, 1.54) is 54.4 Å². The van der Waals surface area contributed by atoms with Crippen LogP contribution in [-0.2, 0) is 10.8 Å². The summed E-state index contributed by atoms with van der Waals surface area (Å²) in [5.74, 6) is 4.36. The van der Waals surface area contributed by atoms with Crippen molar-refractivity contribution in [3.63, 3.8) is 0 Å². The molecule has 4 bridgehead atoms. The zero-order valence-electron chi connectivity index (χ0n) is 30.1. The van der Waals surface area contributed by atoms with Crippen LogP contribution in [0.5, 0.6) is 0 Å². The zero-order valence-corrected chi connectivity index (χ0v) is 30.1. The van der Waals surface area contributed by atoms with Gasteiger partial charge in [0.15, 0.2) is 0 Å². The van der Waals surface area contributed by atoms with Crippen LogP contribution in [0.15, 0.2) is 146 Å². The van der Waals surface area contributed by atoms with Gasteiger partial charge in [0.25, 0.3) is 0 Å². The van der Waals surface area contributed by atoms with Gasteiger partial charge in [-0.2, -0.15) is 0 Å². The molecule has 254 valence electrons. The van der Waals surface area contributed by atoms with Crippen molar-refractivity contribution in [1.82, 2.24) is 9.55 Å². The van der Waals surface area contributed by atoms with Crippen LogP contribution in [0.1, 0.15) is 68.2 Å². The van der Waals surface area contributed by atoms with Crippen molar-refractivity contribution < 1.29 is 0 Å². The van der Waals surface area contributed by atoms with Gasteiger partial charge in [-0.1, -0.05) is 117 Å². The third kappa shape index (κ3) is 4.27. The van der Waals surface area contributed by atoms with Crippen molar-refractivity contribution in [1.29, 1.82) is 0 Å². The van der Waals surface area contributed by atoms with E-state index in [2.05, 4.69) is 164 Å². The van der Waals surface area contributed by atoms with Gasteiger partial charge in [0.05, 0.1) is 11.0 Å². The van der Waals surface area contributed by atoms with Gasteiger partial charge < -0.3 is 0 Å². The highest BCUT2D eigenvalue weighted by Crippen LogP contribution is 2.68. The van der Waals surface area contributed by atoms with Crippen molar-refractivity contribution >= 4 is 11.0 Å². The summed E-state index contributed by atoms with van der Waals surface area (Å²) in [6, 6.07) is 54.3. The molecule has 5 aliphatic rings. The smallest absolute Gasteiger partial charge is 0.145 e. The van der Waals surface area contributed by atoms with Crippen molar-refractivity contribution in [3.8, 4) is 39.3 Å². The summed E-state index contributed by atoms with van der Waals surface area (Å²) in [6.45, 7) is 4.95. The highest BCUT2D eigenvalue weighted by molar-refractivity contribution is 5.85. The number of imidazole rings is 1. The first-order valence-corrected chi connectivity index (χ1v) is 19.5. The van der Waals surface area contributed by atoms with Gasteiger partial charge in [0.1, 0.15) is 5.82 Å². The molecular weight excluding hydrogens is 629 g/mol. The summed E-state index contributed by atoms with van der Waals surface area (Å²) in [5, 5.41) is 0. The Morgan fingerprint density at radius 1 is 0.481 bits per heavy atom. The summed E-state index contributed by atoms with van der Waals surface area (Å²) in [7, 11) is 0. The minimum atomic E-state index is -0.0575. The van der Waals surface area contributed by atoms with Crippen molar-refractivity contribution in [2.75, 3.05) is 0 Å². The second kappa shape index (κ2) is 11.1. The first kappa shape index (κ1) is 30.4. The maximum absolute atomic E-state index is 5.16. The normalized spacial score (nSPS) is 25.0. The monoisotopic (exact) mass is 672 g/mol. The summed E-state index contributed by atoms with van der Waals surface area (Å²) in [4.78, 5) is 5.16. The molecule has 0 atom stereocenters. The average Bonchev–Trinajstić information content (AvgIpc) is 3.58. The standard InChI is InChI=1S/C50H44N2/c1-49(2)42-18-6-7-19-43(42)50(39-25-32-24-33(27-39)28-40(50)26-32)44-23-22-37(31-45(44)49)35-13-10-12-34(29-35)36-14-11-15-38(30-36)48-51-46-20-8-9-21-47(46)52(48)41-16-4-3-5-17-41/h3-23,29-33,39-40H,24-28H2,1-2H3. The number of fused-ring (bicyclic) bond motifs is 3. The molecular formula is C50H44N2. The van der Waals surface area contributed by atoms with Gasteiger partial charge in [0.2, 0.25) is 0 Å². The predicted molar refractivity (Wildman–Crippen MR) is 214 cm³/mol. The van der Waals surface area contributed by atoms with E-state index >= 15 is 0 Å². The molecule has 6 aromatic carbocycles. The summed E-state index contributed by atoms with van der Waals surface area (Å²) in [5.41, 5.74) is 15.8. The molecule has 12 rings (SSSR count). The Morgan fingerprint density at radius 2 is 1.04 bits per heavy atom. The molecule has 2 heteroatoms. The second-order valence-electron chi connectivity index (χ2n) is 16.9. The van der Waals surface area contributed by atoms with Crippen LogP contribution in [-0.4, -0.2) is 9.55 Å². The van der Waals surface area contributed by atoms with Crippen LogP contribution in [0.4, 0.5) is 0 Å². The molecule has 0 N–H and O–H groups in total. The van der Waals surface area contributed by atoms with E-state index < -0.39 is 0 Å². The fourth-order valence-corrected chi connectivity index (χ4v) is 11.9. The number of benzene rings is 6. The molecule has 5 aliphatic carbocycles. The molecule has 1 aromatic heterocycles. The van der Waals surface area contributed by atoms with Gasteiger partial charge in [0, 0.05) is 22.1 Å². The molecule has 0 saturated heterocycles. The van der Waals surface area contributed by atoms with Crippen LogP contribution in [0.3, 0.4) is 0 Å². The SMILES string of the molecule is CC1(C)c2ccccc2C2(c3ccc(-c4cccc(-c5cccc(-c6nc7ccccc7n6-c6ccccc6)c5)c4)cc31)C1CC3CC(C1)CC2C3. The molecule has 0 radical (unpaired) electrons. The second-order valence-corrected chi connectivity index (χ2v) is 16.9. The lowest BCUT2D eigenvalue weighted by molar-refractivity contribution is -0.0443. The third-order valence-electron chi connectivity index (χ3n) is 13.8. The average molecular weight is 673 g/mol. The molecule has 1 heterocycles. The highest BCUT2D eigenvalue weighted by Gasteiger charge is 2.62. The summed E-state index contributed by atoms with van der Waals surface area (Å²) in [6.07, 6.45) is 7.11. The van der Waals surface area contributed by atoms with Gasteiger partial charge >= 0.3 is 0 Å².